The number of fused-ring (bicyclic) bond motifs is 3. The Bertz CT molecular complexity index is 732. The van der Waals surface area contributed by atoms with Crippen LogP contribution < -0.4 is 5.56 Å². The van der Waals surface area contributed by atoms with E-state index in [0.717, 1.165) is 29.7 Å². The first-order chi connectivity index (χ1) is 9.56. The Balaban J connectivity index is 2.08. The topological polar surface area (TPSA) is 72.2 Å². The molecule has 1 N–H and O–H groups in total. The summed E-state index contributed by atoms with van der Waals surface area (Å²) < 4.78 is 1.42. The SMILES string of the molecule is CC1CCc2c(sc3ncn(CCC(=O)O)c(=O)c23)C1. The summed E-state index contributed by atoms with van der Waals surface area (Å²) in [6.45, 7) is 2.41. The molecule has 0 bridgehead atoms. The van der Waals surface area contributed by atoms with Crippen molar-refractivity contribution in [3.05, 3.63) is 27.1 Å². The van der Waals surface area contributed by atoms with E-state index in [1.54, 1.807) is 11.3 Å². The van der Waals surface area contributed by atoms with Crippen LogP contribution >= 0.6 is 11.3 Å². The van der Waals surface area contributed by atoms with Crippen LogP contribution in [0.4, 0.5) is 0 Å². The Labute approximate surface area is 119 Å². The third kappa shape index (κ3) is 2.24. The van der Waals surface area contributed by atoms with Crippen molar-refractivity contribution in [2.75, 3.05) is 0 Å². The fraction of sp³-hybridized carbons (Fsp3) is 0.500. The van der Waals surface area contributed by atoms with Gasteiger partial charge in [0.05, 0.1) is 18.1 Å². The van der Waals surface area contributed by atoms with E-state index in [-0.39, 0.29) is 18.5 Å². The van der Waals surface area contributed by atoms with Crippen molar-refractivity contribution in [3.63, 3.8) is 0 Å². The summed E-state index contributed by atoms with van der Waals surface area (Å²) in [5.41, 5.74) is 1.05. The van der Waals surface area contributed by atoms with E-state index < -0.39 is 5.97 Å². The molecule has 2 aromatic heterocycles. The summed E-state index contributed by atoms with van der Waals surface area (Å²) in [5.74, 6) is -0.247. The lowest BCUT2D eigenvalue weighted by atomic mass is 9.89. The lowest BCUT2D eigenvalue weighted by Gasteiger charge is -2.17. The highest BCUT2D eigenvalue weighted by atomic mass is 32.1. The molecule has 1 aliphatic carbocycles. The van der Waals surface area contributed by atoms with Gasteiger partial charge in [-0.3, -0.25) is 14.2 Å². The van der Waals surface area contributed by atoms with Crippen molar-refractivity contribution in [3.8, 4) is 0 Å². The average molecular weight is 292 g/mol. The van der Waals surface area contributed by atoms with Crippen LogP contribution in [0.2, 0.25) is 0 Å². The fourth-order valence-electron chi connectivity index (χ4n) is 2.74. The molecule has 0 saturated carbocycles. The van der Waals surface area contributed by atoms with Crippen molar-refractivity contribution in [1.82, 2.24) is 9.55 Å². The number of carboxylic acid groups (broad SMARTS) is 1. The summed E-state index contributed by atoms with van der Waals surface area (Å²) in [7, 11) is 0. The van der Waals surface area contributed by atoms with Gasteiger partial charge in [0.2, 0.25) is 0 Å². The molecule has 0 fully saturated rings. The molecule has 0 amide bonds. The van der Waals surface area contributed by atoms with Crippen LogP contribution in [0.3, 0.4) is 0 Å². The van der Waals surface area contributed by atoms with E-state index in [4.69, 9.17) is 5.11 Å². The quantitative estimate of drug-likeness (QED) is 0.940. The second-order valence-electron chi connectivity index (χ2n) is 5.42. The van der Waals surface area contributed by atoms with Gasteiger partial charge in [-0.15, -0.1) is 11.3 Å². The van der Waals surface area contributed by atoms with E-state index in [0.29, 0.717) is 11.3 Å². The number of aryl methyl sites for hydroxylation is 2. The van der Waals surface area contributed by atoms with Gasteiger partial charge in [0.15, 0.2) is 0 Å². The second kappa shape index (κ2) is 5.01. The van der Waals surface area contributed by atoms with E-state index in [9.17, 15) is 9.59 Å². The van der Waals surface area contributed by atoms with Gasteiger partial charge >= 0.3 is 5.97 Å². The van der Waals surface area contributed by atoms with E-state index in [1.165, 1.54) is 15.8 Å². The third-order valence-corrected chi connectivity index (χ3v) is 5.01. The molecule has 5 nitrogen and oxygen atoms in total. The zero-order valence-electron chi connectivity index (χ0n) is 11.3. The molecular weight excluding hydrogens is 276 g/mol. The van der Waals surface area contributed by atoms with Crippen molar-refractivity contribution < 1.29 is 9.90 Å². The van der Waals surface area contributed by atoms with Gasteiger partial charge in [-0.2, -0.15) is 0 Å². The highest BCUT2D eigenvalue weighted by Crippen LogP contribution is 2.35. The van der Waals surface area contributed by atoms with Crippen molar-refractivity contribution in [2.24, 2.45) is 5.92 Å². The molecule has 0 aliphatic heterocycles. The first-order valence-corrected chi connectivity index (χ1v) is 7.59. The van der Waals surface area contributed by atoms with Crippen LogP contribution in [-0.2, 0) is 24.2 Å². The molecule has 2 heterocycles. The van der Waals surface area contributed by atoms with Crippen molar-refractivity contribution >= 4 is 27.5 Å². The predicted molar refractivity (Wildman–Crippen MR) is 77.3 cm³/mol. The minimum Gasteiger partial charge on any atom is -0.481 e. The van der Waals surface area contributed by atoms with Gasteiger partial charge in [0.1, 0.15) is 4.83 Å². The van der Waals surface area contributed by atoms with E-state index in [2.05, 4.69) is 11.9 Å². The predicted octanol–water partition coefficient (Wildman–Crippen LogP) is 2.06. The zero-order valence-corrected chi connectivity index (χ0v) is 12.1. The number of aliphatic carboxylic acids is 1. The molecule has 1 unspecified atom stereocenters. The molecule has 106 valence electrons. The number of thiophene rings is 1. The van der Waals surface area contributed by atoms with Gasteiger partial charge in [-0.1, -0.05) is 6.92 Å². The summed E-state index contributed by atoms with van der Waals surface area (Å²) >= 11 is 1.61. The minimum atomic E-state index is -0.904. The molecule has 0 radical (unpaired) electrons. The monoisotopic (exact) mass is 292 g/mol. The largest absolute Gasteiger partial charge is 0.481 e. The molecule has 20 heavy (non-hydrogen) atoms. The van der Waals surface area contributed by atoms with Crippen LogP contribution in [0.5, 0.6) is 0 Å². The Morgan fingerprint density at radius 1 is 1.60 bits per heavy atom. The van der Waals surface area contributed by atoms with E-state index in [1.807, 2.05) is 0 Å². The van der Waals surface area contributed by atoms with Crippen molar-refractivity contribution in [1.29, 1.82) is 0 Å². The standard InChI is InChI=1S/C14H16N2O3S/c1-8-2-3-9-10(6-8)20-13-12(9)14(19)16(7-15-13)5-4-11(17)18/h7-8H,2-6H2,1H3,(H,17,18). The van der Waals surface area contributed by atoms with E-state index >= 15 is 0 Å². The lowest BCUT2D eigenvalue weighted by Crippen LogP contribution is -2.22. The Kier molecular flexibility index (Phi) is 3.33. The molecule has 2 aromatic rings. The number of rotatable bonds is 3. The van der Waals surface area contributed by atoms with Gasteiger partial charge in [0, 0.05) is 11.4 Å². The Morgan fingerprint density at radius 3 is 3.15 bits per heavy atom. The van der Waals surface area contributed by atoms with Crippen LogP contribution in [-0.4, -0.2) is 20.6 Å². The number of hydrogen-bond acceptors (Lipinski definition) is 4. The average Bonchev–Trinajstić information content (AvgIpc) is 2.75. The van der Waals surface area contributed by atoms with Gasteiger partial charge in [0.25, 0.3) is 5.56 Å². The maximum atomic E-state index is 12.5. The number of hydrogen-bond donors (Lipinski definition) is 1. The normalized spacial score (nSPS) is 18.1. The molecule has 0 saturated heterocycles. The van der Waals surface area contributed by atoms with Crippen LogP contribution in [0.15, 0.2) is 11.1 Å². The van der Waals surface area contributed by atoms with Crippen LogP contribution in [0, 0.1) is 5.92 Å². The first-order valence-electron chi connectivity index (χ1n) is 6.77. The highest BCUT2D eigenvalue weighted by Gasteiger charge is 2.23. The smallest absolute Gasteiger partial charge is 0.305 e. The van der Waals surface area contributed by atoms with Crippen molar-refractivity contribution in [2.45, 2.75) is 39.2 Å². The number of nitrogens with zero attached hydrogens (tertiary/aromatic N) is 2. The Hall–Kier alpha value is -1.69. The molecular formula is C14H16N2O3S. The molecule has 0 spiro atoms. The molecule has 0 aromatic carbocycles. The molecule has 3 rings (SSSR count). The van der Waals surface area contributed by atoms with Gasteiger partial charge in [-0.25, -0.2) is 4.98 Å². The molecule has 1 aliphatic rings. The Morgan fingerprint density at radius 2 is 2.40 bits per heavy atom. The maximum Gasteiger partial charge on any atom is 0.305 e. The third-order valence-electron chi connectivity index (χ3n) is 3.85. The summed E-state index contributed by atoms with van der Waals surface area (Å²) in [6.07, 6.45) is 4.46. The molecule has 1 atom stereocenters. The molecule has 6 heteroatoms. The number of carbonyl (C=O) groups is 1. The van der Waals surface area contributed by atoms with Gasteiger partial charge in [-0.05, 0) is 30.7 Å². The minimum absolute atomic E-state index is 0.0591. The van der Waals surface area contributed by atoms with Gasteiger partial charge < -0.3 is 5.11 Å². The number of carboxylic acids is 1. The maximum absolute atomic E-state index is 12.5. The summed E-state index contributed by atoms with van der Waals surface area (Å²) in [6, 6.07) is 0. The first kappa shape index (κ1) is 13.3. The van der Waals surface area contributed by atoms with Crippen LogP contribution in [0.25, 0.3) is 10.2 Å². The number of aromatic nitrogens is 2. The fourth-order valence-corrected chi connectivity index (χ4v) is 4.08. The van der Waals surface area contributed by atoms with Crippen LogP contribution in [0.1, 0.15) is 30.2 Å². The zero-order chi connectivity index (χ0) is 14.3. The summed E-state index contributed by atoms with van der Waals surface area (Å²) in [5, 5.41) is 9.44. The highest BCUT2D eigenvalue weighted by molar-refractivity contribution is 7.18. The second-order valence-corrected chi connectivity index (χ2v) is 6.50. The summed E-state index contributed by atoms with van der Waals surface area (Å²) in [4.78, 5) is 29.5. The lowest BCUT2D eigenvalue weighted by molar-refractivity contribution is -0.137.